The van der Waals surface area contributed by atoms with E-state index in [1.54, 1.807) is 6.07 Å². The summed E-state index contributed by atoms with van der Waals surface area (Å²) in [6.07, 6.45) is 1.83. The number of carbonyl (C=O) groups excluding carboxylic acids is 1. The van der Waals surface area contributed by atoms with Gasteiger partial charge in [0.1, 0.15) is 11.6 Å². The van der Waals surface area contributed by atoms with Crippen molar-refractivity contribution in [1.82, 2.24) is 15.5 Å². The second kappa shape index (κ2) is 9.55. The molecule has 150 valence electrons. The molecule has 1 atom stereocenters. The van der Waals surface area contributed by atoms with Crippen molar-refractivity contribution in [2.24, 2.45) is 0 Å². The molecule has 1 aliphatic rings. The van der Waals surface area contributed by atoms with Gasteiger partial charge in [0.25, 0.3) is 0 Å². The molecule has 2 amide bonds. The summed E-state index contributed by atoms with van der Waals surface area (Å²) in [7, 11) is 1.53. The first-order valence-electron chi connectivity index (χ1n) is 9.72. The lowest BCUT2D eigenvalue weighted by Gasteiger charge is -2.32. The number of likely N-dealkylation sites (tertiary alicyclic amines) is 1. The molecule has 0 radical (unpaired) electrons. The summed E-state index contributed by atoms with van der Waals surface area (Å²) < 4.78 is 18.8. The van der Waals surface area contributed by atoms with Crippen LogP contribution in [-0.2, 0) is 6.54 Å². The summed E-state index contributed by atoms with van der Waals surface area (Å²) in [6.45, 7) is 4.66. The Morgan fingerprint density at radius 1 is 1.21 bits per heavy atom. The van der Waals surface area contributed by atoms with Gasteiger partial charge < -0.3 is 15.4 Å². The number of hydrogen-bond donors (Lipinski definition) is 2. The predicted octanol–water partition coefficient (Wildman–Crippen LogP) is 3.86. The van der Waals surface area contributed by atoms with E-state index in [4.69, 9.17) is 4.74 Å². The van der Waals surface area contributed by atoms with E-state index in [2.05, 4.69) is 39.8 Å². The smallest absolute Gasteiger partial charge is 0.315 e. The number of nitrogens with one attached hydrogen (secondary N) is 2. The number of halogens is 1. The highest BCUT2D eigenvalue weighted by Crippen LogP contribution is 2.25. The van der Waals surface area contributed by atoms with Crippen LogP contribution in [0.25, 0.3) is 0 Å². The van der Waals surface area contributed by atoms with E-state index in [0.29, 0.717) is 11.3 Å². The van der Waals surface area contributed by atoms with Crippen molar-refractivity contribution in [2.45, 2.75) is 38.4 Å². The zero-order valence-corrected chi connectivity index (χ0v) is 16.5. The maximum Gasteiger partial charge on any atom is 0.315 e. The maximum atomic E-state index is 13.6. The molecule has 2 aromatic carbocycles. The molecule has 1 unspecified atom stereocenters. The minimum Gasteiger partial charge on any atom is -0.496 e. The highest BCUT2D eigenvalue weighted by molar-refractivity contribution is 5.74. The number of benzene rings is 2. The van der Waals surface area contributed by atoms with Crippen LogP contribution in [0.1, 0.15) is 36.9 Å². The molecule has 0 aliphatic carbocycles. The third-order valence-electron chi connectivity index (χ3n) is 5.18. The first-order chi connectivity index (χ1) is 13.5. The molecule has 0 bridgehead atoms. The average molecular weight is 385 g/mol. The highest BCUT2D eigenvalue weighted by atomic mass is 19.1. The molecule has 1 saturated heterocycles. The Morgan fingerprint density at radius 3 is 2.61 bits per heavy atom. The van der Waals surface area contributed by atoms with E-state index < -0.39 is 0 Å². The summed E-state index contributed by atoms with van der Waals surface area (Å²) in [5.41, 5.74) is 1.93. The van der Waals surface area contributed by atoms with Crippen LogP contribution in [0.2, 0.25) is 0 Å². The zero-order chi connectivity index (χ0) is 19.9. The zero-order valence-electron chi connectivity index (χ0n) is 16.5. The number of nitrogens with zero attached hydrogens (tertiary/aromatic N) is 1. The van der Waals surface area contributed by atoms with E-state index in [9.17, 15) is 9.18 Å². The number of hydrogen-bond acceptors (Lipinski definition) is 3. The molecule has 3 rings (SSSR count). The van der Waals surface area contributed by atoms with E-state index in [0.717, 1.165) is 32.5 Å². The summed E-state index contributed by atoms with van der Waals surface area (Å²) >= 11 is 0. The molecule has 0 saturated carbocycles. The van der Waals surface area contributed by atoms with Crippen molar-refractivity contribution in [3.8, 4) is 5.75 Å². The van der Waals surface area contributed by atoms with Crippen LogP contribution in [0, 0.1) is 5.82 Å². The van der Waals surface area contributed by atoms with Gasteiger partial charge in [-0.3, -0.25) is 4.90 Å². The average Bonchev–Trinajstić information content (AvgIpc) is 2.70. The fourth-order valence-electron chi connectivity index (χ4n) is 3.62. The third-order valence-corrected chi connectivity index (χ3v) is 5.18. The number of rotatable bonds is 6. The van der Waals surface area contributed by atoms with Crippen LogP contribution >= 0.6 is 0 Å². The molecule has 6 heteroatoms. The number of piperidine rings is 1. The molecular weight excluding hydrogens is 357 g/mol. The van der Waals surface area contributed by atoms with Crippen LogP contribution in [0.5, 0.6) is 5.75 Å². The van der Waals surface area contributed by atoms with E-state index in [1.807, 2.05) is 13.0 Å². The van der Waals surface area contributed by atoms with Gasteiger partial charge in [0, 0.05) is 31.2 Å². The summed E-state index contributed by atoms with van der Waals surface area (Å²) in [4.78, 5) is 14.8. The summed E-state index contributed by atoms with van der Waals surface area (Å²) in [5.74, 6) is 0.207. The van der Waals surface area contributed by atoms with E-state index >= 15 is 0 Å². The Bertz CT molecular complexity index is 777. The molecule has 0 spiro atoms. The topological polar surface area (TPSA) is 53.6 Å². The standard InChI is InChI=1S/C22H28FN3O2/c1-16(20-14-18(23)8-9-21(20)28-2)24-22(27)25-19-10-12-26(13-11-19)15-17-6-4-3-5-7-17/h3-9,14,16,19H,10-13,15H2,1-2H3,(H2,24,25,27). The second-order valence-electron chi connectivity index (χ2n) is 7.26. The number of amides is 2. The van der Waals surface area contributed by atoms with E-state index in [1.165, 1.54) is 24.8 Å². The van der Waals surface area contributed by atoms with Crippen LogP contribution in [0.4, 0.5) is 9.18 Å². The fourth-order valence-corrected chi connectivity index (χ4v) is 3.62. The van der Waals surface area contributed by atoms with Gasteiger partial charge >= 0.3 is 6.03 Å². The number of urea groups is 1. The quantitative estimate of drug-likeness (QED) is 0.794. The van der Waals surface area contributed by atoms with Gasteiger partial charge in [0.15, 0.2) is 0 Å². The van der Waals surface area contributed by atoms with Crippen molar-refractivity contribution in [3.63, 3.8) is 0 Å². The second-order valence-corrected chi connectivity index (χ2v) is 7.26. The first kappa shape index (κ1) is 20.1. The molecule has 0 aromatic heterocycles. The van der Waals surface area contributed by atoms with Crippen LogP contribution < -0.4 is 15.4 Å². The van der Waals surface area contributed by atoms with Gasteiger partial charge in [-0.05, 0) is 43.5 Å². The third kappa shape index (κ3) is 5.45. The van der Waals surface area contributed by atoms with Crippen LogP contribution in [0.15, 0.2) is 48.5 Å². The molecule has 1 fully saturated rings. The molecule has 28 heavy (non-hydrogen) atoms. The predicted molar refractivity (Wildman–Crippen MR) is 108 cm³/mol. The summed E-state index contributed by atoms with van der Waals surface area (Å²) in [6, 6.07) is 14.3. The minimum absolute atomic E-state index is 0.147. The molecule has 5 nitrogen and oxygen atoms in total. The minimum atomic E-state index is -0.358. The van der Waals surface area contributed by atoms with E-state index in [-0.39, 0.29) is 23.9 Å². The maximum absolute atomic E-state index is 13.6. The van der Waals surface area contributed by atoms with Crippen molar-refractivity contribution in [2.75, 3.05) is 20.2 Å². The number of carbonyl (C=O) groups is 1. The lowest BCUT2D eigenvalue weighted by atomic mass is 10.0. The Balaban J connectivity index is 1.46. The van der Waals surface area contributed by atoms with Gasteiger partial charge in [-0.25, -0.2) is 9.18 Å². The first-order valence-corrected chi connectivity index (χ1v) is 9.72. The van der Waals surface area contributed by atoms with Gasteiger partial charge in [0.05, 0.1) is 13.2 Å². The van der Waals surface area contributed by atoms with Crippen molar-refractivity contribution in [1.29, 1.82) is 0 Å². The molecule has 2 N–H and O–H groups in total. The SMILES string of the molecule is COc1ccc(F)cc1C(C)NC(=O)NC1CCN(Cc2ccccc2)CC1. The van der Waals surface area contributed by atoms with Crippen molar-refractivity contribution in [3.05, 3.63) is 65.5 Å². The normalized spacial score (nSPS) is 16.4. The molecule has 1 aliphatic heterocycles. The van der Waals surface area contributed by atoms with Gasteiger partial charge in [0.2, 0.25) is 0 Å². The van der Waals surface area contributed by atoms with Gasteiger partial charge in [-0.2, -0.15) is 0 Å². The lowest BCUT2D eigenvalue weighted by Crippen LogP contribution is -2.48. The molecular formula is C22H28FN3O2. The van der Waals surface area contributed by atoms with Gasteiger partial charge in [-0.15, -0.1) is 0 Å². The summed E-state index contributed by atoms with van der Waals surface area (Å²) in [5, 5.41) is 5.93. The van der Waals surface area contributed by atoms with Crippen LogP contribution in [0.3, 0.4) is 0 Å². The van der Waals surface area contributed by atoms with Crippen LogP contribution in [-0.4, -0.2) is 37.2 Å². The number of ether oxygens (including phenoxy) is 1. The highest BCUT2D eigenvalue weighted by Gasteiger charge is 2.22. The van der Waals surface area contributed by atoms with Crippen molar-refractivity contribution >= 4 is 6.03 Å². The number of methoxy groups -OCH3 is 1. The molecule has 1 heterocycles. The Kier molecular flexibility index (Phi) is 6.87. The Labute approximate surface area is 165 Å². The van der Waals surface area contributed by atoms with Crippen molar-refractivity contribution < 1.29 is 13.9 Å². The lowest BCUT2D eigenvalue weighted by molar-refractivity contribution is 0.186. The largest absolute Gasteiger partial charge is 0.496 e. The Morgan fingerprint density at radius 2 is 1.93 bits per heavy atom. The van der Waals surface area contributed by atoms with Gasteiger partial charge in [-0.1, -0.05) is 30.3 Å². The monoisotopic (exact) mass is 385 g/mol. The fraction of sp³-hybridized carbons (Fsp3) is 0.409. The molecule has 2 aromatic rings. The Hall–Kier alpha value is -2.60.